The van der Waals surface area contributed by atoms with Crippen molar-refractivity contribution in [3.05, 3.63) is 48.0 Å². The van der Waals surface area contributed by atoms with E-state index in [9.17, 15) is 48.6 Å². The molecule has 1 aliphatic rings. The molecule has 7 amide bonds. The largest absolute Gasteiger partial charge is 0.508 e. The standard InChI is InChI=1S/C45H71N13O10/c1-8-26(6)37(44(67)68)57-40(63)33-12-10-18-58(33)43(66)32(20-28-21-49-23-51-28)54-42(65)36(25(4)5)56-39(62)31(19-27-13-15-29(59)16-14-27)53-41(64)35(24(2)3)55-38(61)30(52-34(60)22-48-7)11-9-17-50-45(46)47/h13-16,21,23-26,30-33,35-37,48,59H,8-12,17-20,22H2,1-7H3,(H,49,51)(H,52,60)(H,53,64)(H,54,65)(H,55,61)(H,56,62)(H,57,63)(H,67,68)(H4,46,47,50)/t26-,30-,31-,32-,33-,35-,36-,37-/m0/s1. The van der Waals surface area contributed by atoms with Crippen molar-refractivity contribution >= 4 is 53.3 Å². The van der Waals surface area contributed by atoms with Crippen molar-refractivity contribution in [2.45, 2.75) is 129 Å². The number of aromatic hydroxyl groups is 1. The highest BCUT2D eigenvalue weighted by Crippen LogP contribution is 2.21. The zero-order chi connectivity index (χ0) is 50.7. The third-order valence-electron chi connectivity index (χ3n) is 11.6. The molecule has 0 spiro atoms. The molecule has 23 heteroatoms. The smallest absolute Gasteiger partial charge is 0.326 e. The number of nitrogens with zero attached hydrogens (tertiary/aromatic N) is 3. The molecule has 1 saturated heterocycles. The lowest BCUT2D eigenvalue weighted by atomic mass is 9.98. The molecule has 1 aromatic heterocycles. The number of guanidine groups is 1. The highest BCUT2D eigenvalue weighted by Gasteiger charge is 2.41. The fourth-order valence-corrected chi connectivity index (χ4v) is 7.61. The summed E-state index contributed by atoms with van der Waals surface area (Å²) < 4.78 is 0. The summed E-state index contributed by atoms with van der Waals surface area (Å²) in [6, 6.07) is -2.41. The minimum atomic E-state index is -1.35. The highest BCUT2D eigenvalue weighted by molar-refractivity contribution is 5.98. The fraction of sp³-hybridized carbons (Fsp3) is 0.600. The van der Waals surface area contributed by atoms with E-state index >= 15 is 0 Å². The van der Waals surface area contributed by atoms with Gasteiger partial charge in [0.1, 0.15) is 48.0 Å². The number of phenolic OH excluding ortho intramolecular Hbond substituents is 1. The molecule has 3 rings (SSSR count). The molecule has 376 valence electrons. The monoisotopic (exact) mass is 954 g/mol. The minimum Gasteiger partial charge on any atom is -0.508 e. The van der Waals surface area contributed by atoms with Gasteiger partial charge in [-0.2, -0.15) is 0 Å². The molecule has 0 aliphatic carbocycles. The first kappa shape index (κ1) is 55.5. The van der Waals surface area contributed by atoms with Gasteiger partial charge in [-0.05, 0) is 68.2 Å². The Morgan fingerprint density at radius 3 is 1.94 bits per heavy atom. The summed E-state index contributed by atoms with van der Waals surface area (Å²) in [6.45, 7) is 10.5. The lowest BCUT2D eigenvalue weighted by Crippen LogP contribution is -2.62. The van der Waals surface area contributed by atoms with E-state index in [2.05, 4.69) is 52.2 Å². The van der Waals surface area contributed by atoms with Crippen LogP contribution < -0.4 is 48.7 Å². The van der Waals surface area contributed by atoms with Crippen LogP contribution in [0.15, 0.2) is 41.8 Å². The van der Waals surface area contributed by atoms with Crippen LogP contribution in [0.2, 0.25) is 0 Å². The first-order chi connectivity index (χ1) is 32.2. The number of likely N-dealkylation sites (N-methyl/N-ethyl adjacent to an activating group) is 1. The quantitative estimate of drug-likeness (QED) is 0.0276. The Bertz CT molecular complexity index is 2040. The number of carbonyl (C=O) groups is 8. The number of rotatable bonds is 27. The second-order valence-electron chi connectivity index (χ2n) is 17.7. The number of nitrogens with two attached hydrogens (primary N) is 2. The Kier molecular flexibility index (Phi) is 22.2. The second-order valence-corrected chi connectivity index (χ2v) is 17.7. The summed E-state index contributed by atoms with van der Waals surface area (Å²) >= 11 is 0. The number of carbonyl (C=O) groups excluding carboxylic acids is 7. The van der Waals surface area contributed by atoms with E-state index in [0.29, 0.717) is 30.5 Å². The maximum atomic E-state index is 14.4. The number of nitrogens with one attached hydrogen (secondary N) is 8. The average molecular weight is 954 g/mol. The van der Waals surface area contributed by atoms with E-state index in [0.717, 1.165) is 0 Å². The van der Waals surface area contributed by atoms with Crippen molar-refractivity contribution in [3.8, 4) is 5.75 Å². The van der Waals surface area contributed by atoms with E-state index in [1.165, 1.54) is 29.6 Å². The summed E-state index contributed by atoms with van der Waals surface area (Å²) in [7, 11) is 1.57. The van der Waals surface area contributed by atoms with E-state index in [4.69, 9.17) is 11.5 Å². The molecule has 14 N–H and O–H groups in total. The Morgan fingerprint density at radius 1 is 0.809 bits per heavy atom. The van der Waals surface area contributed by atoms with Gasteiger partial charge < -0.3 is 68.8 Å². The number of benzene rings is 1. The summed E-state index contributed by atoms with van der Waals surface area (Å²) in [6.07, 6.45) is 4.34. The minimum absolute atomic E-state index is 0.0387. The Morgan fingerprint density at radius 2 is 1.41 bits per heavy atom. The number of phenols is 1. The summed E-state index contributed by atoms with van der Waals surface area (Å²) in [5.41, 5.74) is 11.9. The summed E-state index contributed by atoms with van der Waals surface area (Å²) in [5, 5.41) is 38.7. The van der Waals surface area contributed by atoms with E-state index in [-0.39, 0.29) is 62.9 Å². The zero-order valence-corrected chi connectivity index (χ0v) is 40.0. The number of aliphatic imine (C=N–C) groups is 1. The molecular weight excluding hydrogens is 883 g/mol. The van der Waals surface area contributed by atoms with Gasteiger partial charge in [0, 0.05) is 37.8 Å². The molecule has 2 aromatic rings. The highest BCUT2D eigenvalue weighted by atomic mass is 16.4. The number of carboxylic acid groups (broad SMARTS) is 1. The van der Waals surface area contributed by atoms with Crippen LogP contribution in [-0.4, -0.2) is 147 Å². The van der Waals surface area contributed by atoms with E-state index in [1.54, 1.807) is 60.7 Å². The predicted molar refractivity (Wildman–Crippen MR) is 251 cm³/mol. The first-order valence-corrected chi connectivity index (χ1v) is 23.0. The van der Waals surface area contributed by atoms with Crippen LogP contribution in [0.5, 0.6) is 5.75 Å². The van der Waals surface area contributed by atoms with Crippen LogP contribution in [0.3, 0.4) is 0 Å². The van der Waals surface area contributed by atoms with Gasteiger partial charge >= 0.3 is 5.97 Å². The van der Waals surface area contributed by atoms with Crippen molar-refractivity contribution in [3.63, 3.8) is 0 Å². The Hall–Kier alpha value is -6.78. The van der Waals surface area contributed by atoms with Gasteiger partial charge in [-0.1, -0.05) is 60.1 Å². The van der Waals surface area contributed by atoms with Gasteiger partial charge in [-0.3, -0.25) is 38.6 Å². The number of aromatic amines is 1. The maximum Gasteiger partial charge on any atom is 0.326 e. The van der Waals surface area contributed by atoms with Crippen LogP contribution >= 0.6 is 0 Å². The van der Waals surface area contributed by atoms with Crippen LogP contribution in [0.1, 0.15) is 84.9 Å². The predicted octanol–water partition coefficient (Wildman–Crippen LogP) is -1.48. The van der Waals surface area contributed by atoms with Gasteiger partial charge in [-0.15, -0.1) is 0 Å². The van der Waals surface area contributed by atoms with Gasteiger partial charge in [-0.25, -0.2) is 9.78 Å². The average Bonchev–Trinajstić information content (AvgIpc) is 4.00. The number of amides is 7. The molecule has 0 unspecified atom stereocenters. The molecular formula is C45H71N13O10. The molecule has 68 heavy (non-hydrogen) atoms. The van der Waals surface area contributed by atoms with Gasteiger partial charge in [0.05, 0.1) is 12.9 Å². The number of hydrogen-bond acceptors (Lipinski definition) is 12. The van der Waals surface area contributed by atoms with Crippen LogP contribution in [0.4, 0.5) is 0 Å². The summed E-state index contributed by atoms with van der Waals surface area (Å²) in [4.78, 5) is 121. The van der Waals surface area contributed by atoms with Crippen molar-refractivity contribution in [1.29, 1.82) is 0 Å². The number of hydrogen-bond donors (Lipinski definition) is 12. The molecule has 1 aliphatic heterocycles. The normalized spacial score (nSPS) is 16.5. The van der Waals surface area contributed by atoms with Crippen molar-refractivity contribution < 1.29 is 48.6 Å². The summed E-state index contributed by atoms with van der Waals surface area (Å²) in [5.74, 6) is -7.50. The molecule has 0 radical (unpaired) electrons. The topological polar surface area (TPSA) is 358 Å². The number of likely N-dealkylation sites (tertiary alicyclic amines) is 1. The van der Waals surface area contributed by atoms with Gasteiger partial charge in [0.25, 0.3) is 0 Å². The van der Waals surface area contributed by atoms with Gasteiger partial charge in [0.2, 0.25) is 41.4 Å². The third-order valence-corrected chi connectivity index (χ3v) is 11.6. The number of H-pyrrole nitrogens is 1. The fourth-order valence-electron chi connectivity index (χ4n) is 7.61. The van der Waals surface area contributed by atoms with Crippen molar-refractivity contribution in [2.75, 3.05) is 26.7 Å². The number of imidazole rings is 1. The number of aromatic nitrogens is 2. The number of aliphatic carboxylic acids is 1. The zero-order valence-electron chi connectivity index (χ0n) is 40.0. The molecule has 0 bridgehead atoms. The van der Waals surface area contributed by atoms with Crippen LogP contribution in [0, 0.1) is 17.8 Å². The van der Waals surface area contributed by atoms with E-state index in [1.807, 2.05) is 0 Å². The Balaban J connectivity index is 1.90. The van der Waals surface area contributed by atoms with E-state index < -0.39 is 101 Å². The van der Waals surface area contributed by atoms with Crippen LogP contribution in [-0.2, 0) is 51.2 Å². The molecule has 8 atom stereocenters. The van der Waals surface area contributed by atoms with Crippen molar-refractivity contribution in [1.82, 2.24) is 52.1 Å². The molecule has 1 aromatic carbocycles. The lowest BCUT2D eigenvalue weighted by molar-refractivity contribution is -0.146. The molecule has 2 heterocycles. The maximum absolute atomic E-state index is 14.4. The van der Waals surface area contributed by atoms with Gasteiger partial charge in [0.15, 0.2) is 5.96 Å². The third kappa shape index (κ3) is 17.1. The van der Waals surface area contributed by atoms with Crippen LogP contribution in [0.25, 0.3) is 0 Å². The Labute approximate surface area is 396 Å². The molecule has 0 saturated carbocycles. The first-order valence-electron chi connectivity index (χ1n) is 23.0. The number of carboxylic acids is 1. The lowest BCUT2D eigenvalue weighted by Gasteiger charge is -2.32. The van der Waals surface area contributed by atoms with Crippen molar-refractivity contribution in [2.24, 2.45) is 34.2 Å². The molecule has 23 nitrogen and oxygen atoms in total. The molecule has 1 fully saturated rings. The second kappa shape index (κ2) is 27.1. The SMILES string of the molecule is CC[C@H](C)[C@H](NC(=O)[C@@H]1CCCN1C(=O)[C@H](Cc1cnc[nH]1)NC(=O)[C@@H](NC(=O)[C@H](Cc1ccc(O)cc1)NC(=O)[C@@H](NC(=O)[C@H](CCCN=C(N)N)NC(=O)CNC)C(C)C)C(C)C)C(=O)O.